The summed E-state index contributed by atoms with van der Waals surface area (Å²) >= 11 is 3.27. The Balaban J connectivity index is 2.92. The van der Waals surface area contributed by atoms with Crippen molar-refractivity contribution in [2.24, 2.45) is 0 Å². The second kappa shape index (κ2) is 5.25. The van der Waals surface area contributed by atoms with Gasteiger partial charge in [0.05, 0.1) is 0 Å². The summed E-state index contributed by atoms with van der Waals surface area (Å²) in [5, 5.41) is 13.3. The summed E-state index contributed by atoms with van der Waals surface area (Å²) in [5.74, 6) is -0.390. The number of halogens is 2. The summed E-state index contributed by atoms with van der Waals surface area (Å²) in [6.07, 6.45) is 0. The van der Waals surface area contributed by atoms with E-state index in [0.29, 0.717) is 12.1 Å². The summed E-state index contributed by atoms with van der Waals surface area (Å²) in [6.45, 7) is 5.88. The molecular formula is C12H17BrFNO. The predicted octanol–water partition coefficient (Wildman–Crippen LogP) is 2.79. The fourth-order valence-electron chi connectivity index (χ4n) is 1.41. The van der Waals surface area contributed by atoms with Gasteiger partial charge < -0.3 is 10.4 Å². The first-order valence-corrected chi connectivity index (χ1v) is 6.03. The molecule has 1 rings (SSSR count). The summed E-state index contributed by atoms with van der Waals surface area (Å²) < 4.78 is 14.3. The van der Waals surface area contributed by atoms with Crippen LogP contribution in [0.15, 0.2) is 22.7 Å². The molecule has 0 saturated carbocycles. The van der Waals surface area contributed by atoms with E-state index in [1.807, 2.05) is 13.8 Å². The minimum absolute atomic E-state index is 0.252. The molecule has 0 heterocycles. The van der Waals surface area contributed by atoms with E-state index in [0.717, 1.165) is 4.47 Å². The van der Waals surface area contributed by atoms with Crippen LogP contribution in [-0.2, 0) is 5.60 Å². The first-order valence-electron chi connectivity index (χ1n) is 5.24. The van der Waals surface area contributed by atoms with Crippen LogP contribution in [0.3, 0.4) is 0 Å². The minimum Gasteiger partial charge on any atom is -0.384 e. The molecule has 0 amide bonds. The van der Waals surface area contributed by atoms with Gasteiger partial charge in [0, 0.05) is 22.6 Å². The molecule has 0 aromatic heterocycles. The summed E-state index contributed by atoms with van der Waals surface area (Å²) in [4.78, 5) is 0. The molecule has 2 N–H and O–H groups in total. The third-order valence-electron chi connectivity index (χ3n) is 2.36. The number of benzene rings is 1. The van der Waals surface area contributed by atoms with Gasteiger partial charge in [0.15, 0.2) is 0 Å². The average molecular weight is 290 g/mol. The van der Waals surface area contributed by atoms with E-state index < -0.39 is 11.4 Å². The molecule has 0 bridgehead atoms. The second-order valence-electron chi connectivity index (χ2n) is 4.43. The number of nitrogens with one attached hydrogen (secondary N) is 1. The Morgan fingerprint density at radius 1 is 1.50 bits per heavy atom. The molecule has 1 aromatic carbocycles. The molecule has 2 nitrogen and oxygen atoms in total. The van der Waals surface area contributed by atoms with Crippen molar-refractivity contribution < 1.29 is 9.50 Å². The molecule has 4 heteroatoms. The normalized spacial score (nSPS) is 15.2. The lowest BCUT2D eigenvalue weighted by Crippen LogP contribution is -2.39. The number of hydrogen-bond donors (Lipinski definition) is 2. The van der Waals surface area contributed by atoms with Crippen LogP contribution in [0.4, 0.5) is 4.39 Å². The van der Waals surface area contributed by atoms with Crippen molar-refractivity contribution >= 4 is 15.9 Å². The SMILES string of the molecule is CC(C)NCC(C)(O)c1cc(Br)ccc1F. The van der Waals surface area contributed by atoms with E-state index in [1.54, 1.807) is 19.1 Å². The Labute approximate surface area is 104 Å². The smallest absolute Gasteiger partial charge is 0.129 e. The van der Waals surface area contributed by atoms with E-state index in [9.17, 15) is 9.50 Å². The highest BCUT2D eigenvalue weighted by atomic mass is 79.9. The zero-order valence-corrected chi connectivity index (χ0v) is 11.3. The molecule has 0 radical (unpaired) electrons. The molecule has 0 aliphatic rings. The molecule has 16 heavy (non-hydrogen) atoms. The molecule has 0 aliphatic carbocycles. The molecule has 1 atom stereocenters. The van der Waals surface area contributed by atoms with Crippen LogP contribution in [0.1, 0.15) is 26.3 Å². The van der Waals surface area contributed by atoms with Crippen molar-refractivity contribution in [3.8, 4) is 0 Å². The minimum atomic E-state index is -1.21. The Hall–Kier alpha value is -0.450. The van der Waals surface area contributed by atoms with E-state index >= 15 is 0 Å². The zero-order valence-electron chi connectivity index (χ0n) is 9.72. The topological polar surface area (TPSA) is 32.3 Å². The fraction of sp³-hybridized carbons (Fsp3) is 0.500. The van der Waals surface area contributed by atoms with Gasteiger partial charge in [0.1, 0.15) is 11.4 Å². The van der Waals surface area contributed by atoms with E-state index in [-0.39, 0.29) is 6.04 Å². The van der Waals surface area contributed by atoms with E-state index in [2.05, 4.69) is 21.2 Å². The molecule has 90 valence electrons. The van der Waals surface area contributed by atoms with Gasteiger partial charge >= 0.3 is 0 Å². The van der Waals surface area contributed by atoms with E-state index in [4.69, 9.17) is 0 Å². The first-order chi connectivity index (χ1) is 7.33. The van der Waals surface area contributed by atoms with Crippen molar-refractivity contribution in [2.75, 3.05) is 6.54 Å². The van der Waals surface area contributed by atoms with Gasteiger partial charge in [-0.25, -0.2) is 4.39 Å². The molecule has 1 unspecified atom stereocenters. The van der Waals surface area contributed by atoms with Crippen LogP contribution in [0.2, 0.25) is 0 Å². The summed E-state index contributed by atoms with van der Waals surface area (Å²) in [6, 6.07) is 4.83. The van der Waals surface area contributed by atoms with Crippen molar-refractivity contribution in [1.82, 2.24) is 5.32 Å². The molecule has 0 spiro atoms. The lowest BCUT2D eigenvalue weighted by atomic mass is 9.95. The lowest BCUT2D eigenvalue weighted by molar-refractivity contribution is 0.0512. The quantitative estimate of drug-likeness (QED) is 0.893. The third kappa shape index (κ3) is 3.54. The van der Waals surface area contributed by atoms with Gasteiger partial charge in [-0.3, -0.25) is 0 Å². The van der Waals surface area contributed by atoms with Crippen molar-refractivity contribution in [2.45, 2.75) is 32.4 Å². The third-order valence-corrected chi connectivity index (χ3v) is 2.86. The van der Waals surface area contributed by atoms with Crippen LogP contribution >= 0.6 is 15.9 Å². The maximum atomic E-state index is 13.6. The second-order valence-corrected chi connectivity index (χ2v) is 5.35. The van der Waals surface area contributed by atoms with Crippen LogP contribution in [0.25, 0.3) is 0 Å². The van der Waals surface area contributed by atoms with Crippen molar-refractivity contribution in [3.63, 3.8) is 0 Å². The van der Waals surface area contributed by atoms with Crippen molar-refractivity contribution in [1.29, 1.82) is 0 Å². The standard InChI is InChI=1S/C12H17BrFNO/c1-8(2)15-7-12(3,16)10-6-9(13)4-5-11(10)14/h4-6,8,15-16H,7H2,1-3H3. The first kappa shape index (κ1) is 13.6. The van der Waals surface area contributed by atoms with Gasteiger partial charge in [-0.1, -0.05) is 29.8 Å². The highest BCUT2D eigenvalue weighted by Gasteiger charge is 2.26. The van der Waals surface area contributed by atoms with Gasteiger partial charge in [-0.15, -0.1) is 0 Å². The molecule has 0 fully saturated rings. The number of hydrogen-bond acceptors (Lipinski definition) is 2. The number of rotatable bonds is 4. The molecule has 0 aliphatic heterocycles. The highest BCUT2D eigenvalue weighted by molar-refractivity contribution is 9.10. The maximum Gasteiger partial charge on any atom is 0.129 e. The van der Waals surface area contributed by atoms with Crippen molar-refractivity contribution in [3.05, 3.63) is 34.1 Å². The largest absolute Gasteiger partial charge is 0.384 e. The molecular weight excluding hydrogens is 273 g/mol. The lowest BCUT2D eigenvalue weighted by Gasteiger charge is -2.26. The monoisotopic (exact) mass is 289 g/mol. The average Bonchev–Trinajstić information content (AvgIpc) is 2.19. The van der Waals surface area contributed by atoms with Gasteiger partial charge in [-0.05, 0) is 25.1 Å². The Bertz CT molecular complexity index is 366. The molecule has 1 aromatic rings. The zero-order chi connectivity index (χ0) is 12.3. The van der Waals surface area contributed by atoms with E-state index in [1.165, 1.54) is 6.07 Å². The summed E-state index contributed by atoms with van der Waals surface area (Å²) in [7, 11) is 0. The Kier molecular flexibility index (Phi) is 4.47. The predicted molar refractivity (Wildman–Crippen MR) is 66.8 cm³/mol. The van der Waals surface area contributed by atoms with Gasteiger partial charge in [0.25, 0.3) is 0 Å². The van der Waals surface area contributed by atoms with Gasteiger partial charge in [0.2, 0.25) is 0 Å². The summed E-state index contributed by atoms with van der Waals surface area (Å²) in [5.41, 5.74) is -0.909. The maximum absolute atomic E-state index is 13.6. The number of aliphatic hydroxyl groups is 1. The fourth-order valence-corrected chi connectivity index (χ4v) is 1.77. The Morgan fingerprint density at radius 2 is 2.12 bits per heavy atom. The van der Waals surface area contributed by atoms with Crippen LogP contribution in [0, 0.1) is 5.82 Å². The highest BCUT2D eigenvalue weighted by Crippen LogP contribution is 2.26. The van der Waals surface area contributed by atoms with Crippen LogP contribution < -0.4 is 5.32 Å². The van der Waals surface area contributed by atoms with Crippen LogP contribution in [-0.4, -0.2) is 17.7 Å². The van der Waals surface area contributed by atoms with Gasteiger partial charge in [-0.2, -0.15) is 0 Å². The van der Waals surface area contributed by atoms with Crippen LogP contribution in [0.5, 0.6) is 0 Å². The Morgan fingerprint density at radius 3 is 2.69 bits per heavy atom. The molecule has 0 saturated heterocycles.